The van der Waals surface area contributed by atoms with Crippen molar-refractivity contribution in [2.75, 3.05) is 32.7 Å². The van der Waals surface area contributed by atoms with Crippen molar-refractivity contribution in [2.45, 2.75) is 44.9 Å². The number of nitrogens with zero attached hydrogens (tertiary/aromatic N) is 2. The SMILES string of the molecule is O=CN1CCN(C(=O)CCC(=O)NCCC2=CCCCC2)CC1. The molecule has 1 saturated heterocycles. The van der Waals surface area contributed by atoms with E-state index in [9.17, 15) is 14.4 Å². The number of allylic oxidation sites excluding steroid dienone is 1. The smallest absolute Gasteiger partial charge is 0.223 e. The summed E-state index contributed by atoms with van der Waals surface area (Å²) in [6.45, 7) is 2.95. The lowest BCUT2D eigenvalue weighted by molar-refractivity contribution is -0.136. The zero-order chi connectivity index (χ0) is 16.5. The van der Waals surface area contributed by atoms with Crippen LogP contribution in [0.4, 0.5) is 0 Å². The molecular formula is C17H27N3O3. The standard InChI is InChI=1S/C17H27N3O3/c21-14-19-10-12-20(13-11-19)17(23)7-6-16(22)18-9-8-15-4-2-1-3-5-15/h4,14H,1-3,5-13H2,(H,18,22). The second-order valence-corrected chi connectivity index (χ2v) is 6.23. The third-order valence-corrected chi connectivity index (χ3v) is 4.54. The van der Waals surface area contributed by atoms with Gasteiger partial charge in [0.1, 0.15) is 0 Å². The molecule has 6 heteroatoms. The topological polar surface area (TPSA) is 69.7 Å². The number of carbonyl (C=O) groups excluding carboxylic acids is 3. The minimum atomic E-state index is -0.0544. The highest BCUT2D eigenvalue weighted by Gasteiger charge is 2.20. The molecule has 1 aliphatic heterocycles. The lowest BCUT2D eigenvalue weighted by Gasteiger charge is -2.32. The number of hydrogen-bond donors (Lipinski definition) is 1. The summed E-state index contributed by atoms with van der Waals surface area (Å²) in [4.78, 5) is 37.9. The molecule has 1 heterocycles. The van der Waals surface area contributed by atoms with Gasteiger partial charge in [-0.1, -0.05) is 11.6 Å². The van der Waals surface area contributed by atoms with Crippen molar-refractivity contribution in [3.8, 4) is 0 Å². The Bertz CT molecular complexity index is 454. The second-order valence-electron chi connectivity index (χ2n) is 6.23. The van der Waals surface area contributed by atoms with Gasteiger partial charge in [-0.05, 0) is 32.1 Å². The molecule has 6 nitrogen and oxygen atoms in total. The van der Waals surface area contributed by atoms with Crippen molar-refractivity contribution in [1.82, 2.24) is 15.1 Å². The van der Waals surface area contributed by atoms with E-state index in [-0.39, 0.29) is 24.7 Å². The summed E-state index contributed by atoms with van der Waals surface area (Å²) in [6.07, 6.45) is 9.37. The van der Waals surface area contributed by atoms with Gasteiger partial charge in [-0.15, -0.1) is 0 Å². The minimum absolute atomic E-state index is 0.000637. The fourth-order valence-corrected chi connectivity index (χ4v) is 3.04. The van der Waals surface area contributed by atoms with Crippen LogP contribution < -0.4 is 5.32 Å². The molecule has 0 aromatic rings. The zero-order valence-corrected chi connectivity index (χ0v) is 13.8. The van der Waals surface area contributed by atoms with E-state index >= 15 is 0 Å². The third kappa shape index (κ3) is 6.04. The molecule has 0 radical (unpaired) electrons. The Morgan fingerprint density at radius 2 is 1.91 bits per heavy atom. The van der Waals surface area contributed by atoms with Gasteiger partial charge in [0, 0.05) is 45.6 Å². The molecule has 1 aliphatic carbocycles. The Labute approximate surface area is 137 Å². The number of amides is 3. The van der Waals surface area contributed by atoms with Gasteiger partial charge in [-0.25, -0.2) is 0 Å². The van der Waals surface area contributed by atoms with Gasteiger partial charge < -0.3 is 15.1 Å². The normalized spacial score (nSPS) is 18.3. The van der Waals surface area contributed by atoms with Crippen LogP contribution in [0, 0.1) is 0 Å². The summed E-state index contributed by atoms with van der Waals surface area (Å²) in [5.41, 5.74) is 1.45. The summed E-state index contributed by atoms with van der Waals surface area (Å²) >= 11 is 0. The summed E-state index contributed by atoms with van der Waals surface area (Å²) in [5, 5.41) is 2.90. The number of piperazine rings is 1. The Balaban J connectivity index is 1.57. The number of hydrogen-bond acceptors (Lipinski definition) is 3. The number of carbonyl (C=O) groups is 3. The quantitative estimate of drug-likeness (QED) is 0.563. The van der Waals surface area contributed by atoms with Gasteiger partial charge in [0.2, 0.25) is 18.2 Å². The van der Waals surface area contributed by atoms with Crippen LogP contribution in [0.2, 0.25) is 0 Å². The van der Waals surface area contributed by atoms with Gasteiger partial charge in [0.05, 0.1) is 0 Å². The number of nitrogens with one attached hydrogen (secondary N) is 1. The highest BCUT2D eigenvalue weighted by molar-refractivity contribution is 5.83. The second kappa shape index (κ2) is 9.33. The summed E-state index contributed by atoms with van der Waals surface area (Å²) < 4.78 is 0. The first-order chi connectivity index (χ1) is 11.2. The summed E-state index contributed by atoms with van der Waals surface area (Å²) in [7, 11) is 0. The van der Waals surface area contributed by atoms with E-state index in [1.807, 2.05) is 0 Å². The predicted molar refractivity (Wildman–Crippen MR) is 87.6 cm³/mol. The van der Waals surface area contributed by atoms with Gasteiger partial charge >= 0.3 is 0 Å². The van der Waals surface area contributed by atoms with E-state index in [4.69, 9.17) is 0 Å². The van der Waals surface area contributed by atoms with Gasteiger partial charge in [0.25, 0.3) is 0 Å². The molecule has 128 valence electrons. The van der Waals surface area contributed by atoms with Gasteiger partial charge in [-0.2, -0.15) is 0 Å². The molecule has 2 rings (SSSR count). The monoisotopic (exact) mass is 321 g/mol. The summed E-state index contributed by atoms with van der Waals surface area (Å²) in [5.74, 6) is -0.0537. The molecule has 0 bridgehead atoms. The first-order valence-corrected chi connectivity index (χ1v) is 8.61. The highest BCUT2D eigenvalue weighted by Crippen LogP contribution is 2.19. The Kier molecular flexibility index (Phi) is 7.10. The lowest BCUT2D eigenvalue weighted by atomic mass is 9.97. The molecule has 0 spiro atoms. The molecule has 0 atom stereocenters. The maximum Gasteiger partial charge on any atom is 0.223 e. The third-order valence-electron chi connectivity index (χ3n) is 4.54. The molecule has 0 saturated carbocycles. The first kappa shape index (κ1) is 17.5. The predicted octanol–water partition coefficient (Wildman–Crippen LogP) is 1.07. The van der Waals surface area contributed by atoms with Crippen LogP contribution in [-0.4, -0.2) is 60.7 Å². The van der Waals surface area contributed by atoms with E-state index in [0.29, 0.717) is 32.7 Å². The molecule has 0 aromatic carbocycles. The molecule has 0 unspecified atom stereocenters. The van der Waals surface area contributed by atoms with Gasteiger partial charge in [0.15, 0.2) is 0 Å². The van der Waals surface area contributed by atoms with Crippen LogP contribution in [-0.2, 0) is 14.4 Å². The minimum Gasteiger partial charge on any atom is -0.356 e. The van der Waals surface area contributed by atoms with Gasteiger partial charge in [-0.3, -0.25) is 14.4 Å². The van der Waals surface area contributed by atoms with Crippen molar-refractivity contribution in [2.24, 2.45) is 0 Å². The van der Waals surface area contributed by atoms with Crippen LogP contribution in [0.25, 0.3) is 0 Å². The fraction of sp³-hybridized carbons (Fsp3) is 0.706. The molecule has 23 heavy (non-hydrogen) atoms. The van der Waals surface area contributed by atoms with E-state index in [1.165, 1.54) is 18.4 Å². The van der Waals surface area contributed by atoms with Crippen molar-refractivity contribution in [3.63, 3.8) is 0 Å². The van der Waals surface area contributed by atoms with E-state index < -0.39 is 0 Å². The van der Waals surface area contributed by atoms with Crippen LogP contribution in [0.1, 0.15) is 44.9 Å². The Morgan fingerprint density at radius 1 is 1.13 bits per heavy atom. The van der Waals surface area contributed by atoms with Crippen molar-refractivity contribution < 1.29 is 14.4 Å². The maximum atomic E-state index is 12.0. The van der Waals surface area contributed by atoms with Crippen LogP contribution in [0.15, 0.2) is 11.6 Å². The van der Waals surface area contributed by atoms with Crippen LogP contribution in [0.5, 0.6) is 0 Å². The lowest BCUT2D eigenvalue weighted by Crippen LogP contribution is -2.48. The van der Waals surface area contributed by atoms with Crippen molar-refractivity contribution in [1.29, 1.82) is 0 Å². The average molecular weight is 321 g/mol. The van der Waals surface area contributed by atoms with Crippen LogP contribution in [0.3, 0.4) is 0 Å². The van der Waals surface area contributed by atoms with E-state index in [0.717, 1.165) is 25.7 Å². The zero-order valence-electron chi connectivity index (χ0n) is 13.8. The Morgan fingerprint density at radius 3 is 2.57 bits per heavy atom. The first-order valence-electron chi connectivity index (χ1n) is 8.61. The number of rotatable bonds is 7. The molecule has 1 N–H and O–H groups in total. The molecular weight excluding hydrogens is 294 g/mol. The highest BCUT2D eigenvalue weighted by atomic mass is 16.2. The van der Waals surface area contributed by atoms with Crippen LogP contribution >= 0.6 is 0 Å². The molecule has 1 fully saturated rings. The largest absolute Gasteiger partial charge is 0.356 e. The Hall–Kier alpha value is -1.85. The van der Waals surface area contributed by atoms with Crippen molar-refractivity contribution in [3.05, 3.63) is 11.6 Å². The average Bonchev–Trinajstić information content (AvgIpc) is 2.60. The molecule has 0 aromatic heterocycles. The van der Waals surface area contributed by atoms with Crippen molar-refractivity contribution >= 4 is 18.2 Å². The van der Waals surface area contributed by atoms with E-state index in [1.54, 1.807) is 9.80 Å². The maximum absolute atomic E-state index is 12.0. The fourth-order valence-electron chi connectivity index (χ4n) is 3.04. The molecule has 3 amide bonds. The van der Waals surface area contributed by atoms with E-state index in [2.05, 4.69) is 11.4 Å². The summed E-state index contributed by atoms with van der Waals surface area (Å²) in [6, 6.07) is 0. The molecule has 2 aliphatic rings.